The van der Waals surface area contributed by atoms with E-state index < -0.39 is 11.7 Å². The first-order chi connectivity index (χ1) is 8.97. The quantitative estimate of drug-likeness (QED) is 0.898. The Morgan fingerprint density at radius 3 is 2.79 bits per heavy atom. The predicted octanol–water partition coefficient (Wildman–Crippen LogP) is 2.67. The molecule has 0 aliphatic rings. The van der Waals surface area contributed by atoms with E-state index in [-0.39, 0.29) is 6.04 Å². The molecular formula is C12H13F3N4. The Morgan fingerprint density at radius 2 is 2.16 bits per heavy atom. The van der Waals surface area contributed by atoms with E-state index in [0.29, 0.717) is 17.9 Å². The molecule has 0 aliphatic heterocycles. The monoisotopic (exact) mass is 270 g/mol. The van der Waals surface area contributed by atoms with Gasteiger partial charge in [-0.15, -0.1) is 0 Å². The average molecular weight is 270 g/mol. The van der Waals surface area contributed by atoms with E-state index in [9.17, 15) is 13.2 Å². The number of rotatable bonds is 4. The summed E-state index contributed by atoms with van der Waals surface area (Å²) in [6.45, 7) is 2.18. The van der Waals surface area contributed by atoms with E-state index in [1.807, 2.05) is 6.92 Å². The number of nitrogens with one attached hydrogen (secondary N) is 2. The van der Waals surface area contributed by atoms with Crippen LogP contribution in [0.3, 0.4) is 0 Å². The van der Waals surface area contributed by atoms with Crippen molar-refractivity contribution in [2.24, 2.45) is 0 Å². The molecule has 0 amide bonds. The molecule has 2 rings (SSSR count). The van der Waals surface area contributed by atoms with Crippen molar-refractivity contribution >= 4 is 0 Å². The molecule has 1 atom stereocenters. The Morgan fingerprint density at radius 1 is 1.37 bits per heavy atom. The molecule has 7 heteroatoms. The molecule has 0 saturated heterocycles. The third kappa shape index (κ3) is 3.54. The van der Waals surface area contributed by atoms with E-state index in [1.54, 1.807) is 6.07 Å². The van der Waals surface area contributed by atoms with Crippen molar-refractivity contribution in [2.45, 2.75) is 25.7 Å². The largest absolute Gasteiger partial charge is 0.416 e. The van der Waals surface area contributed by atoms with Gasteiger partial charge in [0.05, 0.1) is 11.6 Å². The molecule has 1 aromatic heterocycles. The summed E-state index contributed by atoms with van der Waals surface area (Å²) < 4.78 is 37.6. The third-order valence-corrected chi connectivity index (χ3v) is 2.71. The first kappa shape index (κ1) is 13.5. The Bertz CT molecular complexity index is 522. The Hall–Kier alpha value is -1.89. The zero-order valence-corrected chi connectivity index (χ0v) is 10.2. The number of alkyl halides is 3. The van der Waals surface area contributed by atoms with Gasteiger partial charge >= 0.3 is 6.18 Å². The molecule has 2 aromatic rings. The maximum Gasteiger partial charge on any atom is 0.416 e. The van der Waals surface area contributed by atoms with Gasteiger partial charge in [-0.1, -0.05) is 18.2 Å². The lowest BCUT2D eigenvalue weighted by Gasteiger charge is -2.12. The topological polar surface area (TPSA) is 53.6 Å². The summed E-state index contributed by atoms with van der Waals surface area (Å²) >= 11 is 0. The highest BCUT2D eigenvalue weighted by Gasteiger charge is 2.30. The summed E-state index contributed by atoms with van der Waals surface area (Å²) in [7, 11) is 0. The van der Waals surface area contributed by atoms with Crippen LogP contribution >= 0.6 is 0 Å². The molecule has 102 valence electrons. The molecule has 1 heterocycles. The zero-order valence-electron chi connectivity index (χ0n) is 10.2. The van der Waals surface area contributed by atoms with Crippen LogP contribution in [0.25, 0.3) is 0 Å². The van der Waals surface area contributed by atoms with Crippen molar-refractivity contribution in [3.05, 3.63) is 47.5 Å². The van der Waals surface area contributed by atoms with Gasteiger partial charge in [-0.25, -0.2) is 4.98 Å². The fourth-order valence-electron chi connectivity index (χ4n) is 1.65. The van der Waals surface area contributed by atoms with Crippen molar-refractivity contribution in [1.82, 2.24) is 20.5 Å². The number of halogens is 3. The van der Waals surface area contributed by atoms with Crippen LogP contribution in [0, 0.1) is 0 Å². The van der Waals surface area contributed by atoms with Gasteiger partial charge in [0, 0.05) is 6.54 Å². The van der Waals surface area contributed by atoms with Crippen LogP contribution in [-0.4, -0.2) is 15.2 Å². The van der Waals surface area contributed by atoms with Gasteiger partial charge in [0.25, 0.3) is 0 Å². The maximum atomic E-state index is 12.5. The highest BCUT2D eigenvalue weighted by molar-refractivity contribution is 5.25. The number of hydrogen-bond donors (Lipinski definition) is 2. The number of H-pyrrole nitrogens is 1. The smallest absolute Gasteiger partial charge is 0.303 e. The van der Waals surface area contributed by atoms with E-state index in [2.05, 4.69) is 20.5 Å². The molecule has 0 spiro atoms. The zero-order chi connectivity index (χ0) is 13.9. The van der Waals surface area contributed by atoms with Gasteiger partial charge in [-0.2, -0.15) is 18.3 Å². The first-order valence-electron chi connectivity index (χ1n) is 5.71. The second-order valence-electron chi connectivity index (χ2n) is 4.17. The summed E-state index contributed by atoms with van der Waals surface area (Å²) in [4.78, 5) is 3.98. The van der Waals surface area contributed by atoms with Crippen molar-refractivity contribution < 1.29 is 13.2 Å². The lowest BCUT2D eigenvalue weighted by molar-refractivity contribution is -0.137. The minimum Gasteiger partial charge on any atom is -0.303 e. The molecule has 0 saturated carbocycles. The fraction of sp³-hybridized carbons (Fsp3) is 0.333. The molecule has 0 bridgehead atoms. The van der Waals surface area contributed by atoms with Crippen LogP contribution in [0.4, 0.5) is 13.2 Å². The van der Waals surface area contributed by atoms with E-state index >= 15 is 0 Å². The summed E-state index contributed by atoms with van der Waals surface area (Å²) in [5, 5.41) is 9.50. The molecule has 4 nitrogen and oxygen atoms in total. The van der Waals surface area contributed by atoms with E-state index in [4.69, 9.17) is 0 Å². The summed E-state index contributed by atoms with van der Waals surface area (Å²) in [6, 6.07) is 5.13. The lowest BCUT2D eigenvalue weighted by atomic mass is 10.1. The van der Waals surface area contributed by atoms with Gasteiger partial charge in [-0.3, -0.25) is 5.10 Å². The van der Waals surface area contributed by atoms with Gasteiger partial charge in [0.2, 0.25) is 0 Å². The standard InChI is InChI=1S/C12H13F3N4/c1-8(11-17-7-18-19-11)16-6-9-3-2-4-10(5-9)12(13,14)15/h2-5,7-8,16H,6H2,1H3,(H,17,18,19). The minimum absolute atomic E-state index is 0.114. The van der Waals surface area contributed by atoms with Gasteiger partial charge in [0.1, 0.15) is 12.2 Å². The number of benzene rings is 1. The Kier molecular flexibility index (Phi) is 3.84. The third-order valence-electron chi connectivity index (χ3n) is 2.71. The Labute approximate surface area is 108 Å². The fourth-order valence-corrected chi connectivity index (χ4v) is 1.65. The maximum absolute atomic E-state index is 12.5. The predicted molar refractivity (Wildman–Crippen MR) is 63.1 cm³/mol. The van der Waals surface area contributed by atoms with Crippen molar-refractivity contribution in [3.8, 4) is 0 Å². The van der Waals surface area contributed by atoms with Crippen LogP contribution in [0.2, 0.25) is 0 Å². The van der Waals surface area contributed by atoms with Crippen LogP contribution in [0.15, 0.2) is 30.6 Å². The van der Waals surface area contributed by atoms with Crippen molar-refractivity contribution in [1.29, 1.82) is 0 Å². The van der Waals surface area contributed by atoms with Crippen molar-refractivity contribution in [2.75, 3.05) is 0 Å². The number of aromatic nitrogens is 3. The first-order valence-corrected chi connectivity index (χ1v) is 5.71. The minimum atomic E-state index is -4.31. The summed E-state index contributed by atoms with van der Waals surface area (Å²) in [5.41, 5.74) is -0.0692. The van der Waals surface area contributed by atoms with Crippen LogP contribution in [0.1, 0.15) is 29.9 Å². The van der Waals surface area contributed by atoms with Gasteiger partial charge < -0.3 is 5.32 Å². The molecule has 2 N–H and O–H groups in total. The normalized spacial score (nSPS) is 13.5. The number of aromatic amines is 1. The van der Waals surface area contributed by atoms with Crippen LogP contribution < -0.4 is 5.32 Å². The average Bonchev–Trinajstić information content (AvgIpc) is 2.89. The molecule has 19 heavy (non-hydrogen) atoms. The van der Waals surface area contributed by atoms with Gasteiger partial charge in [-0.05, 0) is 18.6 Å². The van der Waals surface area contributed by atoms with Crippen LogP contribution in [0.5, 0.6) is 0 Å². The molecule has 0 fully saturated rings. The SMILES string of the molecule is CC(NCc1cccc(C(F)(F)F)c1)c1ncn[nH]1. The molecule has 1 unspecified atom stereocenters. The second-order valence-corrected chi connectivity index (χ2v) is 4.17. The van der Waals surface area contributed by atoms with Crippen LogP contribution in [-0.2, 0) is 12.7 Å². The number of nitrogens with zero attached hydrogens (tertiary/aromatic N) is 2. The summed E-state index contributed by atoms with van der Waals surface area (Å²) in [5.74, 6) is 0.645. The van der Waals surface area contributed by atoms with E-state index in [1.165, 1.54) is 12.4 Å². The molecular weight excluding hydrogens is 257 g/mol. The molecule has 0 aliphatic carbocycles. The summed E-state index contributed by atoms with van der Waals surface area (Å²) in [6.07, 6.45) is -2.93. The second kappa shape index (κ2) is 5.40. The highest BCUT2D eigenvalue weighted by Crippen LogP contribution is 2.29. The highest BCUT2D eigenvalue weighted by atomic mass is 19.4. The van der Waals surface area contributed by atoms with Gasteiger partial charge in [0.15, 0.2) is 0 Å². The molecule has 1 aromatic carbocycles. The Balaban J connectivity index is 2.00. The number of hydrogen-bond acceptors (Lipinski definition) is 3. The van der Waals surface area contributed by atoms with E-state index in [0.717, 1.165) is 12.1 Å². The van der Waals surface area contributed by atoms with Crippen molar-refractivity contribution in [3.63, 3.8) is 0 Å². The lowest BCUT2D eigenvalue weighted by Crippen LogP contribution is -2.19. The molecule has 0 radical (unpaired) electrons.